The fraction of sp³-hybridized carbons (Fsp3) is 0.300. The second-order valence-corrected chi connectivity index (χ2v) is 3.92. The maximum Gasteiger partial charge on any atom is 0.135 e. The number of nitrogens with one attached hydrogen (secondary N) is 1. The van der Waals surface area contributed by atoms with E-state index in [-0.39, 0.29) is 0 Å². The van der Waals surface area contributed by atoms with Crippen LogP contribution >= 0.6 is 15.9 Å². The van der Waals surface area contributed by atoms with Gasteiger partial charge < -0.3 is 10.1 Å². The van der Waals surface area contributed by atoms with Crippen LogP contribution in [0.5, 0.6) is 5.75 Å². The Hall–Kier alpha value is -1.07. The van der Waals surface area contributed by atoms with Gasteiger partial charge in [-0.25, -0.2) is 4.98 Å². The molecule has 2 heterocycles. The first-order valence-electron chi connectivity index (χ1n) is 4.61. The van der Waals surface area contributed by atoms with Crippen LogP contribution in [0, 0.1) is 0 Å². The maximum atomic E-state index is 5.18. The van der Waals surface area contributed by atoms with E-state index in [1.54, 1.807) is 7.11 Å². The third kappa shape index (κ3) is 1.85. The third-order valence-electron chi connectivity index (χ3n) is 2.21. The zero-order chi connectivity index (χ0) is 10.8. The second-order valence-electron chi connectivity index (χ2n) is 3.17. The van der Waals surface area contributed by atoms with Crippen molar-refractivity contribution < 1.29 is 4.74 Å². The first kappa shape index (κ1) is 10.4. The van der Waals surface area contributed by atoms with Crippen LogP contribution in [0.15, 0.2) is 22.9 Å². The van der Waals surface area contributed by atoms with Gasteiger partial charge in [-0.2, -0.15) is 0 Å². The van der Waals surface area contributed by atoms with Gasteiger partial charge in [-0.1, -0.05) is 0 Å². The number of methoxy groups -OCH3 is 1. The Balaban J connectivity index is 2.60. The third-order valence-corrected chi connectivity index (χ3v) is 2.79. The predicted molar refractivity (Wildman–Crippen MR) is 62.2 cm³/mol. The molecule has 0 fully saturated rings. The van der Waals surface area contributed by atoms with E-state index in [1.165, 1.54) is 0 Å². The second kappa shape index (κ2) is 4.20. The molecule has 0 radical (unpaired) electrons. The first-order chi connectivity index (χ1) is 7.26. The molecule has 5 heteroatoms. The lowest BCUT2D eigenvalue weighted by atomic mass is 10.4. The number of imidazole rings is 1. The fourth-order valence-corrected chi connectivity index (χ4v) is 2.02. The highest BCUT2D eigenvalue weighted by Gasteiger charge is 2.08. The lowest BCUT2D eigenvalue weighted by molar-refractivity contribution is 0.412. The number of halogens is 1. The van der Waals surface area contributed by atoms with Gasteiger partial charge in [-0.3, -0.25) is 4.40 Å². The first-order valence-corrected chi connectivity index (χ1v) is 5.40. The van der Waals surface area contributed by atoms with Gasteiger partial charge in [0.25, 0.3) is 0 Å². The van der Waals surface area contributed by atoms with Crippen molar-refractivity contribution in [1.29, 1.82) is 0 Å². The summed E-state index contributed by atoms with van der Waals surface area (Å²) in [6.45, 7) is 0.722. The number of rotatable bonds is 3. The Kier molecular flexibility index (Phi) is 2.93. The quantitative estimate of drug-likeness (QED) is 0.924. The summed E-state index contributed by atoms with van der Waals surface area (Å²) < 4.78 is 8.05. The average Bonchev–Trinajstić information content (AvgIpc) is 2.56. The summed E-state index contributed by atoms with van der Waals surface area (Å²) >= 11 is 3.43. The number of aromatic nitrogens is 2. The molecule has 1 N–H and O–H groups in total. The molecule has 0 amide bonds. The molecule has 0 atom stereocenters. The van der Waals surface area contributed by atoms with Gasteiger partial charge in [0.15, 0.2) is 0 Å². The largest absolute Gasteiger partial charge is 0.495 e. The highest BCUT2D eigenvalue weighted by Crippen LogP contribution is 2.22. The van der Waals surface area contributed by atoms with Gasteiger partial charge in [-0.15, -0.1) is 0 Å². The van der Waals surface area contributed by atoms with Crippen LogP contribution in [0.2, 0.25) is 0 Å². The number of nitrogens with zero attached hydrogens (tertiary/aromatic N) is 2. The van der Waals surface area contributed by atoms with Crippen LogP contribution in [0.4, 0.5) is 0 Å². The van der Waals surface area contributed by atoms with Crippen molar-refractivity contribution in [3.63, 3.8) is 0 Å². The summed E-state index contributed by atoms with van der Waals surface area (Å²) in [5, 5.41) is 3.08. The molecule has 0 aliphatic carbocycles. The number of fused-ring (bicyclic) bond motifs is 1. The highest BCUT2D eigenvalue weighted by atomic mass is 79.9. The lowest BCUT2D eigenvalue weighted by Gasteiger charge is -2.03. The van der Waals surface area contributed by atoms with Crippen LogP contribution in [-0.4, -0.2) is 23.5 Å². The van der Waals surface area contributed by atoms with Gasteiger partial charge in [0.1, 0.15) is 16.2 Å². The van der Waals surface area contributed by atoms with E-state index in [0.29, 0.717) is 0 Å². The van der Waals surface area contributed by atoms with Crippen LogP contribution in [0.25, 0.3) is 5.52 Å². The Morgan fingerprint density at radius 2 is 2.33 bits per heavy atom. The molecule has 0 bridgehead atoms. The summed E-state index contributed by atoms with van der Waals surface area (Å²) in [5.41, 5.74) is 1.04. The summed E-state index contributed by atoms with van der Waals surface area (Å²) in [7, 11) is 3.56. The summed E-state index contributed by atoms with van der Waals surface area (Å²) in [5.74, 6) is 1.78. The van der Waals surface area contributed by atoms with Gasteiger partial charge in [0.2, 0.25) is 0 Å². The van der Waals surface area contributed by atoms with Crippen LogP contribution < -0.4 is 10.1 Å². The Morgan fingerprint density at radius 1 is 1.53 bits per heavy atom. The summed E-state index contributed by atoms with van der Waals surface area (Å²) in [4.78, 5) is 4.42. The molecule has 4 nitrogen and oxygen atoms in total. The van der Waals surface area contributed by atoms with Crippen molar-refractivity contribution in [2.24, 2.45) is 0 Å². The number of hydrogen-bond acceptors (Lipinski definition) is 3. The van der Waals surface area contributed by atoms with E-state index in [9.17, 15) is 0 Å². The van der Waals surface area contributed by atoms with E-state index in [2.05, 4.69) is 26.2 Å². The summed E-state index contributed by atoms with van der Waals surface area (Å²) in [6.07, 6.45) is 1.93. The Morgan fingerprint density at radius 3 is 3.00 bits per heavy atom. The van der Waals surface area contributed by atoms with Crippen molar-refractivity contribution >= 4 is 21.4 Å². The minimum atomic E-state index is 0.722. The molecule has 15 heavy (non-hydrogen) atoms. The summed E-state index contributed by atoms with van der Waals surface area (Å²) in [6, 6.07) is 3.90. The maximum absolute atomic E-state index is 5.18. The molecular weight excluding hydrogens is 258 g/mol. The van der Waals surface area contributed by atoms with E-state index in [1.807, 2.05) is 29.8 Å². The number of hydrogen-bond donors (Lipinski definition) is 1. The zero-order valence-corrected chi connectivity index (χ0v) is 10.2. The minimum Gasteiger partial charge on any atom is -0.495 e. The normalized spacial score (nSPS) is 10.9. The fourth-order valence-electron chi connectivity index (χ4n) is 1.49. The molecule has 0 aliphatic heterocycles. The van der Waals surface area contributed by atoms with Crippen molar-refractivity contribution in [2.75, 3.05) is 14.2 Å². The van der Waals surface area contributed by atoms with E-state index >= 15 is 0 Å². The minimum absolute atomic E-state index is 0.722. The molecule has 0 aromatic carbocycles. The van der Waals surface area contributed by atoms with Crippen molar-refractivity contribution in [3.05, 3.63) is 28.8 Å². The average molecular weight is 270 g/mol. The van der Waals surface area contributed by atoms with Gasteiger partial charge >= 0.3 is 0 Å². The molecule has 2 aromatic rings. The topological polar surface area (TPSA) is 38.6 Å². The van der Waals surface area contributed by atoms with Crippen LogP contribution in [0.1, 0.15) is 5.82 Å². The van der Waals surface area contributed by atoms with Crippen LogP contribution in [-0.2, 0) is 6.54 Å². The Labute approximate surface area is 96.4 Å². The van der Waals surface area contributed by atoms with Crippen molar-refractivity contribution in [1.82, 2.24) is 14.7 Å². The number of ether oxygens (including phenoxy) is 1. The van der Waals surface area contributed by atoms with Gasteiger partial charge in [0.05, 0.1) is 25.4 Å². The zero-order valence-electron chi connectivity index (χ0n) is 8.62. The SMILES string of the molecule is CNCc1nc(Br)c2ccc(OC)cn12. The smallest absolute Gasteiger partial charge is 0.135 e. The molecular formula is C10H12BrN3O. The highest BCUT2D eigenvalue weighted by molar-refractivity contribution is 9.10. The molecule has 0 saturated heterocycles. The van der Waals surface area contributed by atoms with Crippen LogP contribution in [0.3, 0.4) is 0 Å². The molecule has 80 valence electrons. The lowest BCUT2D eigenvalue weighted by Crippen LogP contribution is -2.08. The standard InChI is InChI=1S/C10H12BrN3O/c1-12-5-9-13-10(11)8-4-3-7(15-2)6-14(8)9/h3-4,6,12H,5H2,1-2H3. The van der Waals surface area contributed by atoms with Gasteiger partial charge in [-0.05, 0) is 35.1 Å². The molecule has 0 spiro atoms. The molecule has 2 rings (SSSR count). The Bertz CT molecular complexity index is 481. The number of pyridine rings is 1. The van der Waals surface area contributed by atoms with Gasteiger partial charge in [0, 0.05) is 0 Å². The van der Waals surface area contributed by atoms with E-state index in [4.69, 9.17) is 4.74 Å². The molecule has 0 unspecified atom stereocenters. The van der Waals surface area contributed by atoms with E-state index in [0.717, 1.165) is 28.2 Å². The molecule has 2 aromatic heterocycles. The van der Waals surface area contributed by atoms with Crippen molar-refractivity contribution in [2.45, 2.75) is 6.54 Å². The molecule has 0 saturated carbocycles. The van der Waals surface area contributed by atoms with Crippen molar-refractivity contribution in [3.8, 4) is 5.75 Å². The van der Waals surface area contributed by atoms with E-state index < -0.39 is 0 Å². The monoisotopic (exact) mass is 269 g/mol. The molecule has 0 aliphatic rings. The predicted octanol–water partition coefficient (Wildman–Crippen LogP) is 1.82.